The van der Waals surface area contributed by atoms with Gasteiger partial charge in [0.1, 0.15) is 14.1 Å². The lowest BCUT2D eigenvalue weighted by molar-refractivity contribution is -0.671. The summed E-state index contributed by atoms with van der Waals surface area (Å²) in [5.41, 5.74) is 0. The van der Waals surface area contributed by atoms with Crippen LogP contribution in [0.4, 0.5) is 0 Å². The van der Waals surface area contributed by atoms with E-state index in [1.165, 1.54) is 0 Å². The molecule has 1 aromatic rings. The van der Waals surface area contributed by atoms with Gasteiger partial charge in [-0.05, 0) is 6.08 Å². The van der Waals surface area contributed by atoms with Gasteiger partial charge in [0.05, 0.1) is 0 Å². The predicted molar refractivity (Wildman–Crippen MR) is 53.9 cm³/mol. The minimum atomic E-state index is 1.08. The van der Waals surface area contributed by atoms with Gasteiger partial charge in [-0.2, -0.15) is 0 Å². The fourth-order valence-corrected chi connectivity index (χ4v) is 0.981. The van der Waals surface area contributed by atoms with Crippen LogP contribution in [0, 0.1) is 0 Å². The lowest BCUT2D eigenvalue weighted by Gasteiger charge is -1.77. The summed E-state index contributed by atoms with van der Waals surface area (Å²) < 4.78 is 4.12. The van der Waals surface area contributed by atoms with E-state index in [0.717, 1.165) is 6.54 Å². The molecule has 2 heteroatoms. The Hall–Kier alpha value is -1.44. The summed E-state index contributed by atoms with van der Waals surface area (Å²) in [6.45, 7) is 1.08. The molecule has 0 atom stereocenters. The van der Waals surface area contributed by atoms with Gasteiger partial charge >= 0.3 is 0 Å². The van der Waals surface area contributed by atoms with E-state index < -0.39 is 0 Å². The minimum Gasteiger partial charge on any atom is -0.235 e. The number of hydrogen-bond acceptors (Lipinski definition) is 0. The van der Waals surface area contributed by atoms with Crippen LogP contribution in [0.3, 0.4) is 0 Å². The van der Waals surface area contributed by atoms with E-state index in [-0.39, 0.29) is 0 Å². The Kier molecular flexibility index (Phi) is 3.89. The van der Waals surface area contributed by atoms with Crippen molar-refractivity contribution in [3.05, 3.63) is 42.7 Å². The van der Waals surface area contributed by atoms with Crippen molar-refractivity contribution in [1.82, 2.24) is 0 Å². The van der Waals surface area contributed by atoms with Gasteiger partial charge in [0, 0.05) is 18.2 Å². The maximum absolute atomic E-state index is 2.12. The maximum Gasteiger partial charge on any atom is 0.168 e. The summed E-state index contributed by atoms with van der Waals surface area (Å²) in [5.74, 6) is 0. The largest absolute Gasteiger partial charge is 0.235 e. The number of rotatable bonds is 0. The van der Waals surface area contributed by atoms with E-state index in [2.05, 4.69) is 30.0 Å². The van der Waals surface area contributed by atoms with Crippen molar-refractivity contribution in [2.24, 2.45) is 7.05 Å². The maximum atomic E-state index is 2.12. The van der Waals surface area contributed by atoms with Gasteiger partial charge in [-0.25, -0.2) is 9.14 Å². The normalized spacial score (nSPS) is 13.2. The fourth-order valence-electron chi connectivity index (χ4n) is 0.981. The number of allylic oxidation sites excluding steroid dienone is 1. The summed E-state index contributed by atoms with van der Waals surface area (Å²) in [6.07, 6.45) is 10.2. The molecule has 0 bridgehead atoms. The first-order valence-electron chi connectivity index (χ1n) is 4.39. The van der Waals surface area contributed by atoms with Crippen molar-refractivity contribution in [3.8, 4) is 0 Å². The van der Waals surface area contributed by atoms with E-state index in [9.17, 15) is 0 Å². The summed E-state index contributed by atoms with van der Waals surface area (Å²) in [4.78, 5) is 0. The van der Waals surface area contributed by atoms with Crippen LogP contribution in [0.15, 0.2) is 42.7 Å². The molecule has 2 rings (SSSR count). The molecule has 0 saturated heterocycles. The third kappa shape index (κ3) is 4.21. The SMILES string of the molecule is C[N+]1=CC=CC1.C[n+]1ccccc1. The van der Waals surface area contributed by atoms with E-state index >= 15 is 0 Å². The zero-order chi connectivity index (χ0) is 9.52. The van der Waals surface area contributed by atoms with Crippen LogP contribution in [0.25, 0.3) is 0 Å². The van der Waals surface area contributed by atoms with Crippen LogP contribution >= 0.6 is 0 Å². The Balaban J connectivity index is 0.000000132. The van der Waals surface area contributed by atoms with Crippen molar-refractivity contribution in [3.63, 3.8) is 0 Å². The van der Waals surface area contributed by atoms with Crippen molar-refractivity contribution >= 4 is 6.21 Å². The molecule has 0 saturated carbocycles. The van der Waals surface area contributed by atoms with Crippen LogP contribution in [-0.2, 0) is 7.05 Å². The molecule has 68 valence electrons. The molecule has 0 fully saturated rings. The van der Waals surface area contributed by atoms with Crippen LogP contribution < -0.4 is 4.57 Å². The number of hydrogen-bond donors (Lipinski definition) is 0. The van der Waals surface area contributed by atoms with Gasteiger partial charge in [0.15, 0.2) is 25.2 Å². The van der Waals surface area contributed by atoms with Gasteiger partial charge in [-0.1, -0.05) is 6.07 Å². The second kappa shape index (κ2) is 5.25. The van der Waals surface area contributed by atoms with Crippen molar-refractivity contribution < 1.29 is 9.14 Å². The zero-order valence-electron chi connectivity index (χ0n) is 8.22. The smallest absolute Gasteiger partial charge is 0.168 e. The first-order chi connectivity index (χ1) is 6.29. The molecule has 13 heavy (non-hydrogen) atoms. The third-order valence-corrected chi connectivity index (χ3v) is 1.73. The number of likely N-dealkylation sites (N-methyl/N-ethyl adjacent to an activating group) is 1. The highest BCUT2D eigenvalue weighted by Crippen LogP contribution is 1.78. The molecule has 1 aliphatic heterocycles. The zero-order valence-corrected chi connectivity index (χ0v) is 8.22. The van der Waals surface area contributed by atoms with Crippen molar-refractivity contribution in [2.75, 3.05) is 13.6 Å². The lowest BCUT2D eigenvalue weighted by atomic mass is 10.5. The molecule has 0 spiro atoms. The number of nitrogens with zero attached hydrogens (tertiary/aromatic N) is 2. The summed E-state index contributed by atoms with van der Waals surface area (Å²) >= 11 is 0. The molecule has 1 aromatic heterocycles. The molecule has 0 aliphatic carbocycles. The molecule has 2 heterocycles. The minimum absolute atomic E-state index is 1.08. The average molecular weight is 176 g/mol. The first-order valence-corrected chi connectivity index (χ1v) is 4.39. The van der Waals surface area contributed by atoms with Crippen LogP contribution in [-0.4, -0.2) is 24.4 Å². The Bertz CT molecular complexity index is 299. The summed E-state index contributed by atoms with van der Waals surface area (Å²) in [5, 5.41) is 0. The molecule has 0 unspecified atom stereocenters. The Morgan fingerprint density at radius 1 is 1.00 bits per heavy atom. The number of aryl methyl sites for hydroxylation is 1. The summed E-state index contributed by atoms with van der Waals surface area (Å²) in [7, 11) is 4.06. The van der Waals surface area contributed by atoms with E-state index in [1.54, 1.807) is 0 Å². The van der Waals surface area contributed by atoms with E-state index in [4.69, 9.17) is 0 Å². The molecule has 0 N–H and O–H groups in total. The molecule has 0 amide bonds. The molecule has 2 nitrogen and oxygen atoms in total. The summed E-state index contributed by atoms with van der Waals surface area (Å²) in [6, 6.07) is 6.00. The van der Waals surface area contributed by atoms with Crippen LogP contribution in [0.5, 0.6) is 0 Å². The Morgan fingerprint density at radius 3 is 1.92 bits per heavy atom. The van der Waals surface area contributed by atoms with Crippen LogP contribution in [0.1, 0.15) is 0 Å². The molecular formula is C11H16N2+2. The predicted octanol–water partition coefficient (Wildman–Crippen LogP) is 0.780. The van der Waals surface area contributed by atoms with E-state index in [0.29, 0.717) is 0 Å². The van der Waals surface area contributed by atoms with Gasteiger partial charge in [-0.3, -0.25) is 0 Å². The third-order valence-electron chi connectivity index (χ3n) is 1.73. The van der Waals surface area contributed by atoms with Gasteiger partial charge < -0.3 is 0 Å². The number of pyridine rings is 1. The number of aromatic nitrogens is 1. The highest BCUT2D eigenvalue weighted by molar-refractivity contribution is 5.67. The topological polar surface area (TPSA) is 6.89 Å². The monoisotopic (exact) mass is 176 g/mol. The lowest BCUT2D eigenvalue weighted by Crippen LogP contribution is -2.25. The molecule has 1 aliphatic rings. The molecule has 0 radical (unpaired) electrons. The Morgan fingerprint density at radius 2 is 1.69 bits per heavy atom. The standard InChI is InChI=1S/C6H8N.C5H8N/c1-7-5-3-2-4-6-7;1-6-4-2-3-5-6/h2-6H,1H3;2-4H,5H2,1H3/q2*+1. The highest BCUT2D eigenvalue weighted by Gasteiger charge is 1.92. The fraction of sp³-hybridized carbons (Fsp3) is 0.273. The first kappa shape index (κ1) is 9.65. The highest BCUT2D eigenvalue weighted by atomic mass is 15.0. The second-order valence-electron chi connectivity index (χ2n) is 3.06. The van der Waals surface area contributed by atoms with Gasteiger partial charge in [-0.15, -0.1) is 0 Å². The van der Waals surface area contributed by atoms with Crippen molar-refractivity contribution in [1.29, 1.82) is 0 Å². The van der Waals surface area contributed by atoms with Gasteiger partial charge in [0.25, 0.3) is 0 Å². The molecule has 0 aromatic carbocycles. The second-order valence-corrected chi connectivity index (χ2v) is 3.06. The van der Waals surface area contributed by atoms with Crippen LogP contribution in [0.2, 0.25) is 0 Å². The van der Waals surface area contributed by atoms with Gasteiger partial charge in [0.2, 0.25) is 0 Å². The Labute approximate surface area is 79.5 Å². The van der Waals surface area contributed by atoms with E-state index in [1.807, 2.05) is 42.2 Å². The van der Waals surface area contributed by atoms with Crippen molar-refractivity contribution in [2.45, 2.75) is 0 Å². The molecular weight excluding hydrogens is 160 g/mol. The quantitative estimate of drug-likeness (QED) is 0.516. The average Bonchev–Trinajstić information content (AvgIpc) is 2.58.